The van der Waals surface area contributed by atoms with Gasteiger partial charge in [-0.1, -0.05) is 0 Å². The Bertz CT molecular complexity index is 918. The van der Waals surface area contributed by atoms with Gasteiger partial charge >= 0.3 is 0 Å². The first kappa shape index (κ1) is 18.4. The van der Waals surface area contributed by atoms with Crippen molar-refractivity contribution in [3.63, 3.8) is 0 Å². The summed E-state index contributed by atoms with van der Waals surface area (Å²) in [5.41, 5.74) is 0.610. The van der Waals surface area contributed by atoms with E-state index in [2.05, 4.69) is 10.6 Å². The summed E-state index contributed by atoms with van der Waals surface area (Å²) in [4.78, 5) is 22.7. The molecular formula is C17H15N3O6S. The normalized spacial score (nSPS) is 12.0. The standard InChI is InChI=1S/C17H15N3O6S/c1-24-14-9-11(20(22)23)3-4-12(14)18-17(27)19-16(21)10-2-5-13-15(8-10)26-7-6-25-13/h2-5,8-9H,6-7H2,1H3,(H2,18,19,21,27). The number of hydrogen-bond acceptors (Lipinski definition) is 7. The molecule has 0 fully saturated rings. The molecule has 2 N–H and O–H groups in total. The lowest BCUT2D eigenvalue weighted by atomic mass is 10.2. The second-order valence-corrected chi connectivity index (χ2v) is 5.82. The molecule has 0 aliphatic carbocycles. The second kappa shape index (κ2) is 7.87. The SMILES string of the molecule is COc1cc([N+](=O)[O-])ccc1NC(=S)NC(=O)c1ccc2c(c1)OCCO2. The first-order chi connectivity index (χ1) is 13.0. The van der Waals surface area contributed by atoms with Crippen molar-refractivity contribution in [1.82, 2.24) is 5.32 Å². The van der Waals surface area contributed by atoms with Crippen molar-refractivity contribution < 1.29 is 23.9 Å². The van der Waals surface area contributed by atoms with Crippen molar-refractivity contribution in [3.05, 3.63) is 52.1 Å². The molecule has 0 saturated heterocycles. The number of carbonyl (C=O) groups is 1. The molecule has 9 nitrogen and oxygen atoms in total. The van der Waals surface area contributed by atoms with Gasteiger partial charge in [0.1, 0.15) is 19.0 Å². The van der Waals surface area contributed by atoms with Crippen molar-refractivity contribution in [3.8, 4) is 17.2 Å². The molecule has 0 atom stereocenters. The van der Waals surface area contributed by atoms with E-state index in [-0.39, 0.29) is 16.5 Å². The van der Waals surface area contributed by atoms with Crippen LogP contribution in [-0.4, -0.2) is 36.3 Å². The lowest BCUT2D eigenvalue weighted by Crippen LogP contribution is -2.34. The Morgan fingerprint density at radius 3 is 2.63 bits per heavy atom. The zero-order valence-electron chi connectivity index (χ0n) is 14.2. The van der Waals surface area contributed by atoms with E-state index in [1.54, 1.807) is 18.2 Å². The molecule has 3 rings (SSSR count). The molecule has 1 aliphatic heterocycles. The van der Waals surface area contributed by atoms with Gasteiger partial charge in [0.15, 0.2) is 16.6 Å². The van der Waals surface area contributed by atoms with Crippen LogP contribution in [0.1, 0.15) is 10.4 Å². The van der Waals surface area contributed by atoms with Crippen LogP contribution in [0, 0.1) is 10.1 Å². The maximum absolute atomic E-state index is 12.4. The van der Waals surface area contributed by atoms with Crippen molar-refractivity contribution in [2.45, 2.75) is 0 Å². The van der Waals surface area contributed by atoms with E-state index in [0.717, 1.165) is 0 Å². The summed E-state index contributed by atoms with van der Waals surface area (Å²) < 4.78 is 16.0. The molecule has 140 valence electrons. The van der Waals surface area contributed by atoms with Gasteiger partial charge in [0.25, 0.3) is 11.6 Å². The van der Waals surface area contributed by atoms with E-state index in [1.807, 2.05) is 0 Å². The highest BCUT2D eigenvalue weighted by atomic mass is 32.1. The summed E-state index contributed by atoms with van der Waals surface area (Å²) >= 11 is 5.14. The number of rotatable bonds is 4. The molecule has 27 heavy (non-hydrogen) atoms. The van der Waals surface area contributed by atoms with Crippen LogP contribution in [0.4, 0.5) is 11.4 Å². The maximum Gasteiger partial charge on any atom is 0.273 e. The van der Waals surface area contributed by atoms with Crippen LogP contribution in [0.3, 0.4) is 0 Å². The third-order valence-electron chi connectivity index (χ3n) is 3.68. The van der Waals surface area contributed by atoms with Crippen molar-refractivity contribution in [2.75, 3.05) is 25.6 Å². The Labute approximate surface area is 159 Å². The largest absolute Gasteiger partial charge is 0.494 e. The van der Waals surface area contributed by atoms with Gasteiger partial charge in [-0.05, 0) is 36.5 Å². The molecule has 0 bridgehead atoms. The van der Waals surface area contributed by atoms with Crippen LogP contribution < -0.4 is 24.8 Å². The number of nitro benzene ring substituents is 1. The van der Waals surface area contributed by atoms with Gasteiger partial charge in [-0.3, -0.25) is 20.2 Å². The van der Waals surface area contributed by atoms with Gasteiger partial charge < -0.3 is 19.5 Å². The van der Waals surface area contributed by atoms with Gasteiger partial charge in [-0.15, -0.1) is 0 Å². The number of methoxy groups -OCH3 is 1. The molecule has 1 heterocycles. The number of carbonyl (C=O) groups excluding carboxylic acids is 1. The minimum Gasteiger partial charge on any atom is -0.494 e. The van der Waals surface area contributed by atoms with Crippen LogP contribution in [-0.2, 0) is 0 Å². The summed E-state index contributed by atoms with van der Waals surface area (Å²) in [6, 6.07) is 8.82. The second-order valence-electron chi connectivity index (χ2n) is 5.41. The topological polar surface area (TPSA) is 112 Å². The number of nitrogens with zero attached hydrogens (tertiary/aromatic N) is 1. The lowest BCUT2D eigenvalue weighted by molar-refractivity contribution is -0.384. The molecule has 1 amide bonds. The minimum absolute atomic E-state index is 0.0158. The zero-order chi connectivity index (χ0) is 19.4. The third kappa shape index (κ3) is 4.23. The molecule has 0 radical (unpaired) electrons. The lowest BCUT2D eigenvalue weighted by Gasteiger charge is -2.19. The van der Waals surface area contributed by atoms with Crippen molar-refractivity contribution >= 4 is 34.6 Å². The van der Waals surface area contributed by atoms with Gasteiger partial charge in [-0.2, -0.15) is 0 Å². The van der Waals surface area contributed by atoms with E-state index in [9.17, 15) is 14.9 Å². The van der Waals surface area contributed by atoms with Crippen LogP contribution >= 0.6 is 12.2 Å². The number of anilines is 1. The Kier molecular flexibility index (Phi) is 5.36. The Morgan fingerprint density at radius 2 is 1.93 bits per heavy atom. The van der Waals surface area contributed by atoms with E-state index in [4.69, 9.17) is 26.4 Å². The Hall–Kier alpha value is -3.40. The summed E-state index contributed by atoms with van der Waals surface area (Å²) in [5, 5.41) is 16.2. The molecule has 10 heteroatoms. The number of non-ortho nitro benzene ring substituents is 1. The van der Waals surface area contributed by atoms with Gasteiger partial charge in [-0.25, -0.2) is 0 Å². The molecule has 0 unspecified atom stereocenters. The molecule has 0 spiro atoms. The van der Waals surface area contributed by atoms with E-state index in [1.165, 1.54) is 25.3 Å². The summed E-state index contributed by atoms with van der Waals surface area (Å²) in [6.45, 7) is 0.877. The van der Waals surface area contributed by atoms with Gasteiger partial charge in [0.2, 0.25) is 0 Å². The maximum atomic E-state index is 12.4. The zero-order valence-corrected chi connectivity index (χ0v) is 15.0. The fourth-order valence-electron chi connectivity index (χ4n) is 2.41. The average molecular weight is 389 g/mol. The highest BCUT2D eigenvalue weighted by molar-refractivity contribution is 7.80. The van der Waals surface area contributed by atoms with Gasteiger partial charge in [0.05, 0.1) is 23.8 Å². The monoisotopic (exact) mass is 389 g/mol. The first-order valence-corrected chi connectivity index (χ1v) is 8.23. The molecule has 0 aromatic heterocycles. The third-order valence-corrected chi connectivity index (χ3v) is 3.88. The van der Waals surface area contributed by atoms with Crippen molar-refractivity contribution in [2.24, 2.45) is 0 Å². The van der Waals surface area contributed by atoms with Crippen molar-refractivity contribution in [1.29, 1.82) is 0 Å². The first-order valence-electron chi connectivity index (χ1n) is 7.82. The number of hydrogen-bond donors (Lipinski definition) is 2. The highest BCUT2D eigenvalue weighted by Gasteiger charge is 2.17. The molecule has 2 aromatic carbocycles. The average Bonchev–Trinajstić information content (AvgIpc) is 2.67. The number of nitrogens with one attached hydrogen (secondary N) is 2. The molecular weight excluding hydrogens is 374 g/mol. The summed E-state index contributed by atoms with van der Waals surface area (Å²) in [5.74, 6) is 0.851. The fraction of sp³-hybridized carbons (Fsp3) is 0.176. The van der Waals surface area contributed by atoms with E-state index < -0.39 is 10.8 Å². The predicted octanol–water partition coefficient (Wildman–Crippen LogP) is 2.50. The number of amides is 1. The number of benzene rings is 2. The molecule has 2 aromatic rings. The van der Waals surface area contributed by atoms with Gasteiger partial charge in [0, 0.05) is 11.6 Å². The number of nitro groups is 1. The van der Waals surface area contributed by atoms with Crippen LogP contribution in [0.5, 0.6) is 17.2 Å². The van der Waals surface area contributed by atoms with Crippen LogP contribution in [0.25, 0.3) is 0 Å². The Morgan fingerprint density at radius 1 is 1.19 bits per heavy atom. The molecule has 0 saturated carbocycles. The quantitative estimate of drug-likeness (QED) is 0.466. The fourth-order valence-corrected chi connectivity index (χ4v) is 2.61. The number of fused-ring (bicyclic) bond motifs is 1. The van der Waals surface area contributed by atoms with E-state index in [0.29, 0.717) is 36.0 Å². The molecule has 1 aliphatic rings. The smallest absolute Gasteiger partial charge is 0.273 e. The summed E-state index contributed by atoms with van der Waals surface area (Å²) in [6.07, 6.45) is 0. The van der Waals surface area contributed by atoms with Crippen LogP contribution in [0.2, 0.25) is 0 Å². The Balaban J connectivity index is 1.69. The van der Waals surface area contributed by atoms with Crippen LogP contribution in [0.15, 0.2) is 36.4 Å². The van der Waals surface area contributed by atoms with E-state index >= 15 is 0 Å². The number of ether oxygens (including phenoxy) is 3. The highest BCUT2D eigenvalue weighted by Crippen LogP contribution is 2.31. The minimum atomic E-state index is -0.533. The summed E-state index contributed by atoms with van der Waals surface area (Å²) in [7, 11) is 1.38. The predicted molar refractivity (Wildman–Crippen MR) is 101 cm³/mol. The number of thiocarbonyl (C=S) groups is 1.